The average Bonchev–Trinajstić information content (AvgIpc) is 2.38. The minimum Gasteiger partial charge on any atom is -0.396 e. The molecule has 0 fully saturated rings. The first-order valence-electron chi connectivity index (χ1n) is 5.68. The number of fused-ring (bicyclic) bond motifs is 3. The van der Waals surface area contributed by atoms with Crippen LogP contribution in [-0.2, 0) is 6.42 Å². The summed E-state index contributed by atoms with van der Waals surface area (Å²) in [6.45, 7) is 0.228. The minimum absolute atomic E-state index is 0.228. The maximum atomic E-state index is 9.46. The van der Waals surface area contributed by atoms with Gasteiger partial charge in [0.1, 0.15) is 0 Å². The van der Waals surface area contributed by atoms with Gasteiger partial charge >= 0.3 is 0 Å². The van der Waals surface area contributed by atoms with Crippen molar-refractivity contribution in [3.63, 3.8) is 0 Å². The summed E-state index contributed by atoms with van der Waals surface area (Å²) in [6.07, 6.45) is 0.948. The summed E-state index contributed by atoms with van der Waals surface area (Å²) in [5.41, 5.74) is 5.23. The summed E-state index contributed by atoms with van der Waals surface area (Å²) >= 11 is 0. The van der Waals surface area contributed by atoms with Gasteiger partial charge in [-0.3, -0.25) is 0 Å². The zero-order chi connectivity index (χ0) is 11.0. The fourth-order valence-electron chi connectivity index (χ4n) is 2.60. The van der Waals surface area contributed by atoms with Crippen LogP contribution in [0.3, 0.4) is 0 Å². The van der Waals surface area contributed by atoms with Crippen LogP contribution in [0.15, 0.2) is 48.5 Å². The van der Waals surface area contributed by atoms with Gasteiger partial charge in [0.2, 0.25) is 0 Å². The van der Waals surface area contributed by atoms with Crippen molar-refractivity contribution in [1.82, 2.24) is 0 Å². The SMILES string of the molecule is OCC1Cc2ccccc2-c2ccccc21. The topological polar surface area (TPSA) is 20.2 Å². The lowest BCUT2D eigenvalue weighted by Crippen LogP contribution is -2.14. The molecule has 80 valence electrons. The number of hydrogen-bond donors (Lipinski definition) is 1. The average molecular weight is 210 g/mol. The third kappa shape index (κ3) is 1.36. The molecule has 0 aliphatic heterocycles. The van der Waals surface area contributed by atoms with Gasteiger partial charge < -0.3 is 5.11 Å². The summed E-state index contributed by atoms with van der Waals surface area (Å²) in [6, 6.07) is 16.9. The Labute approximate surface area is 95.4 Å². The molecule has 2 aromatic carbocycles. The van der Waals surface area contributed by atoms with Crippen molar-refractivity contribution >= 4 is 0 Å². The Morgan fingerprint density at radius 2 is 1.62 bits per heavy atom. The number of rotatable bonds is 1. The van der Waals surface area contributed by atoms with Crippen molar-refractivity contribution < 1.29 is 5.11 Å². The fourth-order valence-corrected chi connectivity index (χ4v) is 2.60. The zero-order valence-electron chi connectivity index (χ0n) is 9.06. The van der Waals surface area contributed by atoms with E-state index in [0.717, 1.165) is 6.42 Å². The Bertz CT molecular complexity index is 516. The molecule has 1 nitrogen and oxygen atoms in total. The largest absolute Gasteiger partial charge is 0.396 e. The van der Waals surface area contributed by atoms with Gasteiger partial charge in [-0.2, -0.15) is 0 Å². The van der Waals surface area contributed by atoms with Crippen molar-refractivity contribution in [2.75, 3.05) is 6.61 Å². The summed E-state index contributed by atoms with van der Waals surface area (Å²) in [4.78, 5) is 0. The highest BCUT2D eigenvalue weighted by molar-refractivity contribution is 5.73. The van der Waals surface area contributed by atoms with Crippen molar-refractivity contribution in [3.05, 3.63) is 59.7 Å². The van der Waals surface area contributed by atoms with Gasteiger partial charge in [0.25, 0.3) is 0 Å². The number of benzene rings is 2. The number of aliphatic hydroxyl groups is 1. The molecule has 0 amide bonds. The highest BCUT2D eigenvalue weighted by Gasteiger charge is 2.22. The molecule has 0 saturated carbocycles. The smallest absolute Gasteiger partial charge is 0.0503 e. The lowest BCUT2D eigenvalue weighted by Gasteiger charge is -2.26. The van der Waals surface area contributed by atoms with Crippen LogP contribution in [0.2, 0.25) is 0 Å². The van der Waals surface area contributed by atoms with E-state index in [-0.39, 0.29) is 12.5 Å². The molecule has 3 rings (SSSR count). The quantitative estimate of drug-likeness (QED) is 0.767. The molecule has 1 aliphatic rings. The van der Waals surface area contributed by atoms with E-state index in [4.69, 9.17) is 0 Å². The number of aliphatic hydroxyl groups excluding tert-OH is 1. The minimum atomic E-state index is 0.228. The van der Waals surface area contributed by atoms with Crippen LogP contribution in [0.25, 0.3) is 11.1 Å². The molecule has 2 aromatic rings. The molecule has 0 saturated heterocycles. The standard InChI is InChI=1S/C15H14O/c16-10-12-9-11-5-1-2-6-13(11)15-8-4-3-7-14(12)15/h1-8,12,16H,9-10H2. The highest BCUT2D eigenvalue weighted by Crippen LogP contribution is 2.38. The van der Waals surface area contributed by atoms with Crippen LogP contribution >= 0.6 is 0 Å². The first kappa shape index (κ1) is 9.61. The first-order valence-corrected chi connectivity index (χ1v) is 5.68. The van der Waals surface area contributed by atoms with Crippen molar-refractivity contribution in [1.29, 1.82) is 0 Å². The van der Waals surface area contributed by atoms with Crippen LogP contribution in [0, 0.1) is 0 Å². The molecule has 1 unspecified atom stereocenters. The molecular weight excluding hydrogens is 196 g/mol. The first-order chi connectivity index (χ1) is 7.90. The summed E-state index contributed by atoms with van der Waals surface area (Å²) in [7, 11) is 0. The Hall–Kier alpha value is -1.60. The second-order valence-electron chi connectivity index (χ2n) is 4.33. The molecule has 1 N–H and O–H groups in total. The summed E-state index contributed by atoms with van der Waals surface area (Å²) < 4.78 is 0. The third-order valence-corrected chi connectivity index (χ3v) is 3.39. The molecule has 1 atom stereocenters. The Balaban J connectivity index is 2.24. The van der Waals surface area contributed by atoms with E-state index >= 15 is 0 Å². The van der Waals surface area contributed by atoms with Crippen LogP contribution in [0.5, 0.6) is 0 Å². The van der Waals surface area contributed by atoms with Crippen molar-refractivity contribution in [2.24, 2.45) is 0 Å². The Morgan fingerprint density at radius 3 is 2.44 bits per heavy atom. The van der Waals surface area contributed by atoms with E-state index in [1.807, 2.05) is 0 Å². The van der Waals surface area contributed by atoms with Crippen molar-refractivity contribution in [3.8, 4) is 11.1 Å². The van der Waals surface area contributed by atoms with Crippen LogP contribution in [-0.4, -0.2) is 11.7 Å². The lowest BCUT2D eigenvalue weighted by molar-refractivity contribution is 0.264. The second-order valence-corrected chi connectivity index (χ2v) is 4.33. The van der Waals surface area contributed by atoms with E-state index in [0.29, 0.717) is 0 Å². The van der Waals surface area contributed by atoms with Gasteiger partial charge in [-0.05, 0) is 28.7 Å². The van der Waals surface area contributed by atoms with Gasteiger partial charge in [0.05, 0.1) is 6.61 Å². The van der Waals surface area contributed by atoms with Crippen LogP contribution in [0.4, 0.5) is 0 Å². The van der Waals surface area contributed by atoms with Gasteiger partial charge in [0, 0.05) is 5.92 Å². The predicted molar refractivity (Wildman–Crippen MR) is 65.4 cm³/mol. The van der Waals surface area contributed by atoms with E-state index in [2.05, 4.69) is 48.5 Å². The Kier molecular flexibility index (Phi) is 2.26. The molecule has 0 radical (unpaired) electrons. The molecular formula is C15H14O. The normalized spacial score (nSPS) is 17.7. The fraction of sp³-hybridized carbons (Fsp3) is 0.200. The van der Waals surface area contributed by atoms with E-state index in [1.54, 1.807) is 0 Å². The van der Waals surface area contributed by atoms with Crippen LogP contribution < -0.4 is 0 Å². The molecule has 1 heteroatoms. The van der Waals surface area contributed by atoms with Crippen molar-refractivity contribution in [2.45, 2.75) is 12.3 Å². The third-order valence-electron chi connectivity index (χ3n) is 3.39. The molecule has 0 bridgehead atoms. The summed E-state index contributed by atoms with van der Waals surface area (Å²) in [5, 5.41) is 9.46. The van der Waals surface area contributed by atoms with E-state index in [9.17, 15) is 5.11 Å². The van der Waals surface area contributed by atoms with E-state index < -0.39 is 0 Å². The lowest BCUT2D eigenvalue weighted by atomic mass is 9.79. The number of hydrogen-bond acceptors (Lipinski definition) is 1. The maximum Gasteiger partial charge on any atom is 0.0503 e. The van der Waals surface area contributed by atoms with Gasteiger partial charge in [-0.1, -0.05) is 48.5 Å². The molecule has 0 aromatic heterocycles. The molecule has 16 heavy (non-hydrogen) atoms. The zero-order valence-corrected chi connectivity index (χ0v) is 9.06. The second kappa shape index (κ2) is 3.76. The summed E-state index contributed by atoms with van der Waals surface area (Å²) in [5.74, 6) is 0.256. The monoisotopic (exact) mass is 210 g/mol. The van der Waals surface area contributed by atoms with Gasteiger partial charge in [0.15, 0.2) is 0 Å². The Morgan fingerprint density at radius 1 is 0.938 bits per heavy atom. The van der Waals surface area contributed by atoms with Crippen LogP contribution in [0.1, 0.15) is 17.0 Å². The molecule has 0 spiro atoms. The molecule has 0 heterocycles. The maximum absolute atomic E-state index is 9.46. The predicted octanol–water partition coefficient (Wildman–Crippen LogP) is 2.99. The van der Waals surface area contributed by atoms with Gasteiger partial charge in [-0.15, -0.1) is 0 Å². The van der Waals surface area contributed by atoms with E-state index in [1.165, 1.54) is 22.3 Å². The highest BCUT2D eigenvalue weighted by atomic mass is 16.3. The molecule has 1 aliphatic carbocycles. The van der Waals surface area contributed by atoms with Gasteiger partial charge in [-0.25, -0.2) is 0 Å².